The van der Waals surface area contributed by atoms with Gasteiger partial charge in [0.15, 0.2) is 0 Å². The monoisotopic (exact) mass is 85.0 g/mol. The molecule has 0 fully saturated rings. The molecule has 0 nitrogen and oxygen atoms in total. The maximum Gasteiger partial charge on any atom is 0.135 e. The Morgan fingerprint density at radius 1 is 1.00 bits per heavy atom. The minimum Gasteiger partial charge on any atom is -0.0377 e. The molecule has 0 atom stereocenters. The number of thiophene rings is 1. The Balaban J connectivity index is 3.13. The average Bonchev–Trinajstić information content (AvgIpc) is 1.76. The predicted molar refractivity (Wildman–Crippen MR) is 25.7 cm³/mol. The lowest BCUT2D eigenvalue weighted by Crippen LogP contribution is -1.16. The van der Waals surface area contributed by atoms with Crippen LogP contribution in [-0.2, 0) is 0 Å². The summed E-state index contributed by atoms with van der Waals surface area (Å²) in [5, 5.41) is 4.19. The molecule has 5 heavy (non-hydrogen) atoms. The molecule has 0 spiro atoms. The van der Waals surface area contributed by atoms with Gasteiger partial charge in [0.25, 0.3) is 0 Å². The van der Waals surface area contributed by atoms with Crippen molar-refractivity contribution >= 4 is 11.3 Å². The summed E-state index contributed by atoms with van der Waals surface area (Å²) in [7, 11) is 0. The summed E-state index contributed by atoms with van der Waals surface area (Å²) in [6.45, 7) is 0. The molecule has 0 saturated carbocycles. The molecular weight excluding hydrogens is 80.1 g/mol. The van der Waals surface area contributed by atoms with Gasteiger partial charge in [-0.25, -0.2) is 0 Å². The van der Waals surface area contributed by atoms with Crippen molar-refractivity contribution in [3.05, 3.63) is 22.9 Å². The molecule has 1 heteroatoms. The summed E-state index contributed by atoms with van der Waals surface area (Å²) in [6, 6.07) is 4.09. The van der Waals surface area contributed by atoms with Crippen molar-refractivity contribution in [2.75, 3.05) is 0 Å². The van der Waals surface area contributed by atoms with Gasteiger partial charge in [-0.1, -0.05) is 0 Å². The van der Waals surface area contributed by atoms with E-state index in [4.69, 9.17) is 0 Å². The molecular formula is C4H5S+. The number of rotatable bonds is 0. The molecule has 1 aromatic heterocycles. The van der Waals surface area contributed by atoms with E-state index >= 15 is 0 Å². The third-order valence-electron chi connectivity index (χ3n) is 0.455. The molecule has 0 bridgehead atoms. The van der Waals surface area contributed by atoms with Crippen LogP contribution in [0, 0.1) is 0 Å². The van der Waals surface area contributed by atoms with Crippen LogP contribution < -0.4 is 0 Å². The Kier molecular flexibility index (Phi) is 0.711. The van der Waals surface area contributed by atoms with Crippen LogP contribution in [0.25, 0.3) is 0 Å². The van der Waals surface area contributed by atoms with Gasteiger partial charge in [-0.3, -0.25) is 0 Å². The first-order valence-corrected chi connectivity index (χ1v) is 2.55. The molecule has 0 radical (unpaired) electrons. The first-order valence-electron chi connectivity index (χ1n) is 1.52. The second kappa shape index (κ2) is 1.22. The average molecular weight is 85.2 g/mol. The van der Waals surface area contributed by atoms with Crippen molar-refractivity contribution < 1.29 is 0 Å². The van der Waals surface area contributed by atoms with Crippen LogP contribution in [0.15, 0.2) is 22.9 Å². The van der Waals surface area contributed by atoms with E-state index in [1.165, 1.54) is 11.3 Å². The Morgan fingerprint density at radius 3 is 1.80 bits per heavy atom. The molecule has 0 unspecified atom stereocenters. The minimum absolute atomic E-state index is 1.33. The summed E-state index contributed by atoms with van der Waals surface area (Å²) < 4.78 is 0. The first-order chi connectivity index (χ1) is 2.50. The smallest absolute Gasteiger partial charge is 0.0377 e. The van der Waals surface area contributed by atoms with Crippen LogP contribution in [0.1, 0.15) is 0 Å². The highest BCUT2D eigenvalue weighted by Crippen LogP contribution is 1.91. The zero-order valence-corrected chi connectivity index (χ0v) is 3.65. The lowest BCUT2D eigenvalue weighted by molar-refractivity contribution is 2.03. The van der Waals surface area contributed by atoms with Gasteiger partial charge < -0.3 is 0 Å². The van der Waals surface area contributed by atoms with Crippen LogP contribution in [0.5, 0.6) is 0 Å². The number of hydrogen-bond acceptors (Lipinski definition) is 0. The standard InChI is InChI=1S/C4H4S/c1-2-4-5-3-1/h1-4H/p+1. The van der Waals surface area contributed by atoms with Gasteiger partial charge in [0.05, 0.1) is 0 Å². The van der Waals surface area contributed by atoms with Crippen molar-refractivity contribution in [3.8, 4) is 0 Å². The highest BCUT2D eigenvalue weighted by Gasteiger charge is 1.68. The summed E-state index contributed by atoms with van der Waals surface area (Å²) in [4.78, 5) is 0. The van der Waals surface area contributed by atoms with E-state index in [9.17, 15) is 0 Å². The topological polar surface area (TPSA) is 0 Å². The summed E-state index contributed by atoms with van der Waals surface area (Å²) >= 11 is 1.33. The van der Waals surface area contributed by atoms with E-state index in [0.717, 1.165) is 0 Å². The fourth-order valence-corrected chi connectivity index (χ4v) is 0.745. The van der Waals surface area contributed by atoms with Crippen LogP contribution in [0.3, 0.4) is 0 Å². The SMILES string of the molecule is c1cc[sH+]c1. The highest BCUT2D eigenvalue weighted by molar-refractivity contribution is 7.07. The van der Waals surface area contributed by atoms with Crippen molar-refractivity contribution in [1.82, 2.24) is 0 Å². The largest absolute Gasteiger partial charge is 0.135 e. The van der Waals surface area contributed by atoms with E-state index in [1.807, 2.05) is 12.1 Å². The summed E-state index contributed by atoms with van der Waals surface area (Å²) in [6.07, 6.45) is 0. The fourth-order valence-electron chi connectivity index (χ4n) is 0.248. The van der Waals surface area contributed by atoms with E-state index in [0.29, 0.717) is 0 Å². The van der Waals surface area contributed by atoms with Gasteiger partial charge in [-0.2, -0.15) is 0 Å². The first kappa shape index (κ1) is 2.91. The maximum absolute atomic E-state index is 2.10. The summed E-state index contributed by atoms with van der Waals surface area (Å²) in [5.41, 5.74) is 0. The Hall–Kier alpha value is -0.300. The third-order valence-corrected chi connectivity index (χ3v) is 1.14. The summed E-state index contributed by atoms with van der Waals surface area (Å²) in [5.74, 6) is 0. The highest BCUT2D eigenvalue weighted by atomic mass is 32.1. The van der Waals surface area contributed by atoms with Crippen LogP contribution >= 0.6 is 11.3 Å². The van der Waals surface area contributed by atoms with Gasteiger partial charge in [0.2, 0.25) is 0 Å². The molecule has 1 aromatic rings. The second-order valence-electron chi connectivity index (χ2n) is 0.832. The molecule has 1 rings (SSSR count). The van der Waals surface area contributed by atoms with Crippen molar-refractivity contribution in [3.63, 3.8) is 0 Å². The molecule has 0 aliphatic rings. The Morgan fingerprint density at radius 2 is 1.60 bits per heavy atom. The van der Waals surface area contributed by atoms with E-state index in [2.05, 4.69) is 10.8 Å². The zero-order chi connectivity index (χ0) is 3.54. The molecule has 0 aliphatic heterocycles. The Bertz CT molecular complexity index is 60.1. The molecule has 0 amide bonds. The fraction of sp³-hybridized carbons (Fsp3) is 0. The predicted octanol–water partition coefficient (Wildman–Crippen LogP) is 1.48. The van der Waals surface area contributed by atoms with Crippen molar-refractivity contribution in [2.45, 2.75) is 0 Å². The number of hydrogen-bond donors (Lipinski definition) is 0. The lowest BCUT2D eigenvalue weighted by atomic mass is 10.7. The second-order valence-corrected chi connectivity index (χ2v) is 1.73. The van der Waals surface area contributed by atoms with Crippen molar-refractivity contribution in [2.24, 2.45) is 0 Å². The molecule has 0 aliphatic carbocycles. The van der Waals surface area contributed by atoms with E-state index in [-0.39, 0.29) is 0 Å². The van der Waals surface area contributed by atoms with E-state index < -0.39 is 0 Å². The van der Waals surface area contributed by atoms with Crippen LogP contribution in [0.2, 0.25) is 0 Å². The van der Waals surface area contributed by atoms with Gasteiger partial charge >= 0.3 is 0 Å². The third kappa shape index (κ3) is 0.484. The molecule has 0 saturated heterocycles. The van der Waals surface area contributed by atoms with Crippen LogP contribution in [0.4, 0.5) is 0 Å². The van der Waals surface area contributed by atoms with Gasteiger partial charge in [0, 0.05) is 0 Å². The Labute approximate surface area is 35.1 Å². The molecule has 1 heterocycles. The van der Waals surface area contributed by atoms with Crippen LogP contribution in [-0.4, -0.2) is 0 Å². The lowest BCUT2D eigenvalue weighted by Gasteiger charge is -1.29. The molecule has 0 aromatic carbocycles. The van der Waals surface area contributed by atoms with Crippen molar-refractivity contribution in [1.29, 1.82) is 0 Å². The van der Waals surface area contributed by atoms with Gasteiger partial charge in [0.1, 0.15) is 10.8 Å². The van der Waals surface area contributed by atoms with E-state index in [1.54, 1.807) is 0 Å². The molecule has 26 valence electrons. The molecule has 0 N–H and O–H groups in total. The van der Waals surface area contributed by atoms with Gasteiger partial charge in [-0.15, -0.1) is 0 Å². The quantitative estimate of drug-likeness (QED) is 0.418. The van der Waals surface area contributed by atoms with Gasteiger partial charge in [-0.05, 0) is 23.5 Å². The zero-order valence-electron chi connectivity index (χ0n) is 2.76. The maximum atomic E-state index is 2.10. The minimum atomic E-state index is 1.33. The normalized spacial score (nSPS) is 8.00.